The SMILES string of the molecule is NC(CC1CCCc2ccccc21)c1ccc(Cl)cc1Cl. The zero-order valence-corrected chi connectivity index (χ0v) is 13.4. The molecule has 0 fully saturated rings. The van der Waals surface area contributed by atoms with E-state index in [1.807, 2.05) is 12.1 Å². The molecule has 2 aromatic carbocycles. The first kappa shape index (κ1) is 14.9. The Bertz CT molecular complexity index is 639. The van der Waals surface area contributed by atoms with E-state index in [1.165, 1.54) is 30.4 Å². The predicted octanol–water partition coefficient (Wildman–Crippen LogP) is 5.50. The summed E-state index contributed by atoms with van der Waals surface area (Å²) >= 11 is 12.2. The van der Waals surface area contributed by atoms with E-state index >= 15 is 0 Å². The lowest BCUT2D eigenvalue weighted by Gasteiger charge is -2.28. The van der Waals surface area contributed by atoms with E-state index in [1.54, 1.807) is 6.07 Å². The maximum absolute atomic E-state index is 6.41. The number of benzene rings is 2. The smallest absolute Gasteiger partial charge is 0.0468 e. The number of nitrogens with two attached hydrogens (primary N) is 1. The molecular formula is C18H19Cl2N. The number of hydrogen-bond donors (Lipinski definition) is 1. The largest absolute Gasteiger partial charge is 0.324 e. The molecule has 0 amide bonds. The first-order valence-electron chi connectivity index (χ1n) is 7.43. The highest BCUT2D eigenvalue weighted by molar-refractivity contribution is 6.35. The quantitative estimate of drug-likeness (QED) is 0.793. The molecule has 0 aliphatic heterocycles. The summed E-state index contributed by atoms with van der Waals surface area (Å²) in [6, 6.07) is 14.3. The summed E-state index contributed by atoms with van der Waals surface area (Å²) in [4.78, 5) is 0. The average molecular weight is 320 g/mol. The number of halogens is 2. The van der Waals surface area contributed by atoms with E-state index < -0.39 is 0 Å². The molecule has 0 bridgehead atoms. The molecule has 0 heterocycles. The van der Waals surface area contributed by atoms with Gasteiger partial charge in [0, 0.05) is 16.1 Å². The minimum atomic E-state index is -0.0501. The van der Waals surface area contributed by atoms with E-state index in [0.29, 0.717) is 16.0 Å². The Morgan fingerprint density at radius 3 is 2.76 bits per heavy atom. The number of rotatable bonds is 3. The van der Waals surface area contributed by atoms with Crippen LogP contribution < -0.4 is 5.73 Å². The van der Waals surface area contributed by atoms with Crippen LogP contribution in [0.4, 0.5) is 0 Å². The summed E-state index contributed by atoms with van der Waals surface area (Å²) in [7, 11) is 0. The molecule has 0 aromatic heterocycles. The van der Waals surface area contributed by atoms with Gasteiger partial charge in [0.15, 0.2) is 0 Å². The second kappa shape index (κ2) is 6.39. The maximum Gasteiger partial charge on any atom is 0.0468 e. The molecule has 2 atom stereocenters. The molecule has 2 N–H and O–H groups in total. The number of aryl methyl sites for hydroxylation is 1. The van der Waals surface area contributed by atoms with Gasteiger partial charge in [0.25, 0.3) is 0 Å². The van der Waals surface area contributed by atoms with Crippen LogP contribution in [0.2, 0.25) is 10.0 Å². The van der Waals surface area contributed by atoms with Crippen molar-refractivity contribution >= 4 is 23.2 Å². The Labute approximate surface area is 136 Å². The standard InChI is InChI=1S/C18H19Cl2N/c19-14-8-9-16(17(20)11-14)18(21)10-13-6-3-5-12-4-1-2-7-15(12)13/h1-2,4,7-9,11,13,18H,3,5-6,10,21H2. The van der Waals surface area contributed by atoms with Gasteiger partial charge in [0.2, 0.25) is 0 Å². The first-order chi connectivity index (χ1) is 10.1. The van der Waals surface area contributed by atoms with Gasteiger partial charge in [-0.05, 0) is 60.4 Å². The van der Waals surface area contributed by atoms with Gasteiger partial charge in [-0.25, -0.2) is 0 Å². The molecule has 3 rings (SSSR count). The minimum Gasteiger partial charge on any atom is -0.324 e. The van der Waals surface area contributed by atoms with Crippen LogP contribution in [0, 0.1) is 0 Å². The molecule has 3 heteroatoms. The van der Waals surface area contributed by atoms with Crippen molar-refractivity contribution in [3.8, 4) is 0 Å². The van der Waals surface area contributed by atoms with Crippen molar-refractivity contribution in [2.45, 2.75) is 37.6 Å². The average Bonchev–Trinajstić information content (AvgIpc) is 2.47. The lowest BCUT2D eigenvalue weighted by molar-refractivity contribution is 0.476. The zero-order valence-electron chi connectivity index (χ0n) is 11.9. The van der Waals surface area contributed by atoms with Crippen molar-refractivity contribution in [3.05, 3.63) is 69.2 Å². The summed E-state index contributed by atoms with van der Waals surface area (Å²) in [6.07, 6.45) is 4.56. The second-order valence-electron chi connectivity index (χ2n) is 5.80. The molecule has 21 heavy (non-hydrogen) atoms. The van der Waals surface area contributed by atoms with Crippen molar-refractivity contribution in [2.24, 2.45) is 5.73 Å². The van der Waals surface area contributed by atoms with Crippen LogP contribution in [0.25, 0.3) is 0 Å². The lowest BCUT2D eigenvalue weighted by Crippen LogP contribution is -2.18. The van der Waals surface area contributed by atoms with E-state index in [0.717, 1.165) is 12.0 Å². The van der Waals surface area contributed by atoms with E-state index in [-0.39, 0.29) is 6.04 Å². The van der Waals surface area contributed by atoms with Crippen molar-refractivity contribution in [1.29, 1.82) is 0 Å². The molecule has 1 nitrogen and oxygen atoms in total. The topological polar surface area (TPSA) is 26.0 Å². The predicted molar refractivity (Wildman–Crippen MR) is 90.1 cm³/mol. The zero-order chi connectivity index (χ0) is 14.8. The van der Waals surface area contributed by atoms with Gasteiger partial charge < -0.3 is 5.73 Å². The second-order valence-corrected chi connectivity index (χ2v) is 6.64. The normalized spacial score (nSPS) is 19.1. The fourth-order valence-corrected chi connectivity index (χ4v) is 3.88. The highest BCUT2D eigenvalue weighted by atomic mass is 35.5. The van der Waals surface area contributed by atoms with Crippen LogP contribution >= 0.6 is 23.2 Å². The van der Waals surface area contributed by atoms with Gasteiger partial charge in [0.1, 0.15) is 0 Å². The summed E-state index contributed by atoms with van der Waals surface area (Å²) in [5.41, 5.74) is 10.3. The highest BCUT2D eigenvalue weighted by Crippen LogP contribution is 2.38. The van der Waals surface area contributed by atoms with Gasteiger partial charge in [-0.1, -0.05) is 53.5 Å². The fourth-order valence-electron chi connectivity index (χ4n) is 3.34. The third-order valence-electron chi connectivity index (χ3n) is 4.39. The van der Waals surface area contributed by atoms with Crippen LogP contribution in [-0.4, -0.2) is 0 Å². The van der Waals surface area contributed by atoms with Crippen LogP contribution in [0.15, 0.2) is 42.5 Å². The molecule has 0 radical (unpaired) electrons. The lowest BCUT2D eigenvalue weighted by atomic mass is 9.79. The van der Waals surface area contributed by atoms with Crippen molar-refractivity contribution in [3.63, 3.8) is 0 Å². The monoisotopic (exact) mass is 319 g/mol. The molecule has 1 aliphatic rings. The summed E-state index contributed by atoms with van der Waals surface area (Å²) in [5, 5.41) is 1.32. The summed E-state index contributed by atoms with van der Waals surface area (Å²) < 4.78 is 0. The van der Waals surface area contributed by atoms with Crippen LogP contribution in [0.5, 0.6) is 0 Å². The first-order valence-corrected chi connectivity index (χ1v) is 8.19. The van der Waals surface area contributed by atoms with Crippen LogP contribution in [0.1, 0.15) is 47.9 Å². The third-order valence-corrected chi connectivity index (χ3v) is 4.96. The van der Waals surface area contributed by atoms with E-state index in [2.05, 4.69) is 24.3 Å². The highest BCUT2D eigenvalue weighted by Gasteiger charge is 2.23. The van der Waals surface area contributed by atoms with Crippen molar-refractivity contribution < 1.29 is 0 Å². The molecule has 110 valence electrons. The maximum atomic E-state index is 6.41. The van der Waals surface area contributed by atoms with Crippen LogP contribution in [0.3, 0.4) is 0 Å². The fraction of sp³-hybridized carbons (Fsp3) is 0.333. The van der Waals surface area contributed by atoms with Gasteiger partial charge in [-0.2, -0.15) is 0 Å². The molecule has 2 aromatic rings. The molecule has 1 aliphatic carbocycles. The van der Waals surface area contributed by atoms with E-state index in [4.69, 9.17) is 28.9 Å². The van der Waals surface area contributed by atoms with Crippen LogP contribution in [-0.2, 0) is 6.42 Å². The molecule has 0 saturated carbocycles. The number of fused-ring (bicyclic) bond motifs is 1. The van der Waals surface area contributed by atoms with Gasteiger partial charge >= 0.3 is 0 Å². The Kier molecular flexibility index (Phi) is 4.54. The van der Waals surface area contributed by atoms with Crippen molar-refractivity contribution in [2.75, 3.05) is 0 Å². The summed E-state index contributed by atoms with van der Waals surface area (Å²) in [6.45, 7) is 0. The molecule has 2 unspecified atom stereocenters. The minimum absolute atomic E-state index is 0.0501. The molecule has 0 spiro atoms. The molecular weight excluding hydrogens is 301 g/mol. The van der Waals surface area contributed by atoms with Crippen molar-refractivity contribution in [1.82, 2.24) is 0 Å². The van der Waals surface area contributed by atoms with Gasteiger partial charge in [-0.3, -0.25) is 0 Å². The Balaban J connectivity index is 1.81. The summed E-state index contributed by atoms with van der Waals surface area (Å²) in [5.74, 6) is 0.525. The van der Waals surface area contributed by atoms with Gasteiger partial charge in [0.05, 0.1) is 0 Å². The van der Waals surface area contributed by atoms with E-state index in [9.17, 15) is 0 Å². The Morgan fingerprint density at radius 1 is 1.14 bits per heavy atom. The number of hydrogen-bond acceptors (Lipinski definition) is 1. The third kappa shape index (κ3) is 3.26. The Hall–Kier alpha value is -1.02. The van der Waals surface area contributed by atoms with Gasteiger partial charge in [-0.15, -0.1) is 0 Å². The Morgan fingerprint density at radius 2 is 1.95 bits per heavy atom. The molecule has 0 saturated heterocycles.